The van der Waals surface area contributed by atoms with E-state index >= 15 is 0 Å². The molecule has 11 nitrogen and oxygen atoms in total. The number of hydroxylamine groups is 1. The van der Waals surface area contributed by atoms with Gasteiger partial charge >= 0.3 is 0 Å². The third-order valence-corrected chi connectivity index (χ3v) is 7.83. The Morgan fingerprint density at radius 2 is 2.09 bits per heavy atom. The number of nitrogens with two attached hydrogens (primary N) is 1. The Morgan fingerprint density at radius 1 is 1.38 bits per heavy atom. The number of sulfone groups is 1. The van der Waals surface area contributed by atoms with Crippen molar-refractivity contribution in [3.8, 4) is 5.95 Å². The number of pyridine rings is 2. The maximum absolute atomic E-state index is 13.1. The molecule has 170 valence electrons. The van der Waals surface area contributed by atoms with E-state index in [1.807, 2.05) is 0 Å². The van der Waals surface area contributed by atoms with E-state index in [4.69, 9.17) is 10.9 Å². The fraction of sp³-hybridized carbons (Fsp3) is 0.400. The average molecular weight is 461 g/mol. The number of rotatable bonds is 6. The number of aromatic nitrogens is 4. The molecule has 4 rings (SSSR count). The summed E-state index contributed by atoms with van der Waals surface area (Å²) in [6.07, 6.45) is 4.14. The Morgan fingerprint density at radius 3 is 2.72 bits per heavy atom. The van der Waals surface area contributed by atoms with Gasteiger partial charge in [-0.2, -0.15) is 4.98 Å². The topological polar surface area (TPSA) is 173 Å². The molecule has 3 aromatic heterocycles. The predicted octanol–water partition coefficient (Wildman–Crippen LogP) is 0.930. The molecule has 1 aliphatic carbocycles. The summed E-state index contributed by atoms with van der Waals surface area (Å²) in [6, 6.07) is 1.39. The Kier molecular flexibility index (Phi) is 5.51. The molecule has 0 saturated heterocycles. The molecule has 1 amide bonds. The number of fused-ring (bicyclic) bond motifs is 1. The first-order valence-corrected chi connectivity index (χ1v) is 11.8. The standard InChI is InChI=1S/C20H24N6O5S/c1-10-8-22-18-17(13(10)7-15(27)25-29)23-20(24-18)26-11(2)6-14(16(21)19(26)28)32(30,31)9-12-4-3-5-12/h6,8,12,29H,3-5,7,9,21H2,1-2H3,(H,25,27)(H,22,23,24). The molecule has 1 aliphatic rings. The third kappa shape index (κ3) is 3.75. The van der Waals surface area contributed by atoms with Gasteiger partial charge in [-0.25, -0.2) is 23.4 Å². The number of aromatic amines is 1. The number of imidazole rings is 1. The SMILES string of the molecule is Cc1cnc2nc(-n3c(C)cc(S(=O)(=O)CC4CCC4)c(N)c3=O)[nH]c2c1CC(=O)NO. The van der Waals surface area contributed by atoms with Crippen molar-refractivity contribution >= 4 is 32.6 Å². The van der Waals surface area contributed by atoms with Gasteiger partial charge in [0.2, 0.25) is 11.9 Å². The van der Waals surface area contributed by atoms with Crippen LogP contribution in [0.3, 0.4) is 0 Å². The lowest BCUT2D eigenvalue weighted by molar-refractivity contribution is -0.128. The van der Waals surface area contributed by atoms with Crippen molar-refractivity contribution in [1.29, 1.82) is 0 Å². The lowest BCUT2D eigenvalue weighted by atomic mass is 9.87. The maximum Gasteiger partial charge on any atom is 0.282 e. The Hall–Kier alpha value is -3.25. The van der Waals surface area contributed by atoms with Crippen LogP contribution in [0.5, 0.6) is 0 Å². The number of anilines is 1. The zero-order valence-corrected chi connectivity index (χ0v) is 18.5. The lowest BCUT2D eigenvalue weighted by Crippen LogP contribution is -2.29. The summed E-state index contributed by atoms with van der Waals surface area (Å²) in [6.45, 7) is 3.35. The molecule has 1 saturated carbocycles. The number of H-pyrrole nitrogens is 1. The number of hydrogen-bond acceptors (Lipinski definition) is 8. The van der Waals surface area contributed by atoms with Crippen LogP contribution in [0.15, 0.2) is 22.0 Å². The molecular weight excluding hydrogens is 436 g/mol. The molecule has 0 unspecified atom stereocenters. The Bertz CT molecular complexity index is 1390. The minimum absolute atomic E-state index is 0.0236. The summed E-state index contributed by atoms with van der Waals surface area (Å²) < 4.78 is 26.9. The van der Waals surface area contributed by atoms with Gasteiger partial charge in [-0.1, -0.05) is 6.42 Å². The van der Waals surface area contributed by atoms with Crippen LogP contribution in [0.2, 0.25) is 0 Å². The molecule has 0 radical (unpaired) electrons. The molecule has 0 aromatic carbocycles. The van der Waals surface area contributed by atoms with Crippen LogP contribution < -0.4 is 16.8 Å². The first-order valence-electron chi connectivity index (χ1n) is 10.1. The zero-order chi connectivity index (χ0) is 23.2. The smallest absolute Gasteiger partial charge is 0.282 e. The van der Waals surface area contributed by atoms with Gasteiger partial charge in [-0.15, -0.1) is 0 Å². The van der Waals surface area contributed by atoms with E-state index in [0.717, 1.165) is 19.3 Å². The lowest BCUT2D eigenvalue weighted by Gasteiger charge is -2.25. The van der Waals surface area contributed by atoms with E-state index in [9.17, 15) is 18.0 Å². The second-order valence-electron chi connectivity index (χ2n) is 8.17. The van der Waals surface area contributed by atoms with Crippen LogP contribution in [0.25, 0.3) is 17.1 Å². The van der Waals surface area contributed by atoms with Gasteiger partial charge in [0.05, 0.1) is 22.6 Å². The van der Waals surface area contributed by atoms with Crippen molar-refractivity contribution in [1.82, 2.24) is 25.0 Å². The number of carbonyl (C=O) groups is 1. The van der Waals surface area contributed by atoms with Gasteiger partial charge in [-0.05, 0) is 49.8 Å². The number of aryl methyl sites for hydroxylation is 2. The van der Waals surface area contributed by atoms with Gasteiger partial charge in [0, 0.05) is 11.9 Å². The van der Waals surface area contributed by atoms with Crippen molar-refractivity contribution in [2.75, 3.05) is 11.5 Å². The van der Waals surface area contributed by atoms with Gasteiger partial charge in [0.15, 0.2) is 15.5 Å². The minimum Gasteiger partial charge on any atom is -0.393 e. The fourth-order valence-corrected chi connectivity index (χ4v) is 5.83. The summed E-state index contributed by atoms with van der Waals surface area (Å²) in [7, 11) is -3.70. The highest BCUT2D eigenvalue weighted by Gasteiger charge is 2.29. The molecule has 12 heteroatoms. The summed E-state index contributed by atoms with van der Waals surface area (Å²) in [5, 5.41) is 8.86. The maximum atomic E-state index is 13.1. The predicted molar refractivity (Wildman–Crippen MR) is 116 cm³/mol. The normalized spacial score (nSPS) is 14.5. The van der Waals surface area contributed by atoms with Crippen molar-refractivity contribution in [3.63, 3.8) is 0 Å². The number of nitrogens with one attached hydrogen (secondary N) is 2. The number of carbonyl (C=O) groups excluding carboxylic acids is 1. The first-order chi connectivity index (χ1) is 15.1. The Balaban J connectivity index is 1.82. The van der Waals surface area contributed by atoms with Gasteiger partial charge in [0.1, 0.15) is 5.69 Å². The molecule has 1 fully saturated rings. The zero-order valence-electron chi connectivity index (χ0n) is 17.7. The summed E-state index contributed by atoms with van der Waals surface area (Å²) >= 11 is 0. The summed E-state index contributed by atoms with van der Waals surface area (Å²) in [5.41, 5.74) is 8.78. The van der Waals surface area contributed by atoms with Crippen LogP contribution in [0, 0.1) is 19.8 Å². The molecule has 0 aliphatic heterocycles. The van der Waals surface area contributed by atoms with Crippen LogP contribution in [0.4, 0.5) is 5.69 Å². The van der Waals surface area contributed by atoms with Gasteiger partial charge in [-0.3, -0.25) is 14.8 Å². The van der Waals surface area contributed by atoms with Gasteiger partial charge < -0.3 is 10.7 Å². The molecule has 3 heterocycles. The molecule has 32 heavy (non-hydrogen) atoms. The van der Waals surface area contributed by atoms with E-state index in [0.29, 0.717) is 22.3 Å². The van der Waals surface area contributed by atoms with E-state index in [-0.39, 0.29) is 40.3 Å². The molecule has 0 bridgehead atoms. The minimum atomic E-state index is -3.70. The molecule has 0 atom stereocenters. The number of amides is 1. The summed E-state index contributed by atoms with van der Waals surface area (Å²) in [4.78, 5) is 36.2. The van der Waals surface area contributed by atoms with Crippen molar-refractivity contribution in [2.24, 2.45) is 5.92 Å². The number of nitrogens with zero attached hydrogens (tertiary/aromatic N) is 3. The van der Waals surface area contributed by atoms with E-state index in [2.05, 4.69) is 15.0 Å². The highest BCUT2D eigenvalue weighted by atomic mass is 32.2. The van der Waals surface area contributed by atoms with Crippen LogP contribution in [-0.2, 0) is 21.1 Å². The highest BCUT2D eigenvalue weighted by molar-refractivity contribution is 7.91. The molecular formula is C20H24N6O5S. The first kappa shape index (κ1) is 22.0. The highest BCUT2D eigenvalue weighted by Crippen LogP contribution is 2.31. The average Bonchev–Trinajstić information content (AvgIpc) is 3.13. The summed E-state index contributed by atoms with van der Waals surface area (Å²) in [5.74, 6) is -0.442. The largest absolute Gasteiger partial charge is 0.393 e. The van der Waals surface area contributed by atoms with Crippen LogP contribution in [0.1, 0.15) is 36.1 Å². The van der Waals surface area contributed by atoms with Crippen LogP contribution in [-0.4, -0.2) is 44.8 Å². The van der Waals surface area contributed by atoms with E-state index < -0.39 is 21.3 Å². The quantitative estimate of drug-likeness (QED) is 0.310. The van der Waals surface area contributed by atoms with Crippen molar-refractivity contribution < 1.29 is 18.4 Å². The van der Waals surface area contributed by atoms with E-state index in [1.165, 1.54) is 16.8 Å². The van der Waals surface area contributed by atoms with Crippen molar-refractivity contribution in [3.05, 3.63) is 39.4 Å². The molecule has 3 aromatic rings. The van der Waals surface area contributed by atoms with Crippen LogP contribution >= 0.6 is 0 Å². The third-order valence-electron chi connectivity index (χ3n) is 5.91. The molecule has 0 spiro atoms. The monoisotopic (exact) mass is 460 g/mol. The number of nitrogen functional groups attached to an aromatic ring is 1. The Labute approximate surface area is 183 Å². The second-order valence-corrected chi connectivity index (χ2v) is 10.2. The van der Waals surface area contributed by atoms with E-state index in [1.54, 1.807) is 19.3 Å². The fourth-order valence-electron chi connectivity index (χ4n) is 3.92. The second kappa shape index (κ2) is 8.02. The number of hydrogen-bond donors (Lipinski definition) is 4. The van der Waals surface area contributed by atoms with Gasteiger partial charge in [0.25, 0.3) is 5.56 Å². The van der Waals surface area contributed by atoms with Crippen molar-refractivity contribution in [2.45, 2.75) is 44.4 Å². The molecule has 5 N–H and O–H groups in total.